The monoisotopic (exact) mass is 246 g/mol. The Morgan fingerprint density at radius 1 is 1.20 bits per heavy atom. The summed E-state index contributed by atoms with van der Waals surface area (Å²) < 4.78 is 0. The molecule has 0 aromatic heterocycles. The molecule has 0 fully saturated rings. The van der Waals surface area contributed by atoms with Crippen LogP contribution in [0.25, 0.3) is 0 Å². The summed E-state index contributed by atoms with van der Waals surface area (Å²) in [5, 5.41) is 0. The van der Waals surface area contributed by atoms with E-state index in [4.69, 9.17) is 28.9 Å². The molecule has 0 aliphatic heterocycles. The summed E-state index contributed by atoms with van der Waals surface area (Å²) in [4.78, 5) is 2.16. The van der Waals surface area contributed by atoms with E-state index < -0.39 is 0 Å². The number of nitrogens with zero attached hydrogens (tertiary/aromatic N) is 1. The maximum absolute atomic E-state index is 5.76. The molecule has 0 bridgehead atoms. The molecule has 1 rings (SSSR count). The fourth-order valence-electron chi connectivity index (χ4n) is 1.52. The quantitative estimate of drug-likeness (QED) is 0.640. The molecule has 0 amide bonds. The number of nitrogens with two attached hydrogens (primary N) is 1. The number of anilines is 2. The average Bonchev–Trinajstić information content (AvgIpc) is 2.21. The second-order valence-electron chi connectivity index (χ2n) is 3.41. The zero-order valence-corrected chi connectivity index (χ0v) is 10.4. The van der Waals surface area contributed by atoms with Crippen molar-refractivity contribution < 1.29 is 0 Å². The van der Waals surface area contributed by atoms with Crippen LogP contribution >= 0.6 is 23.2 Å². The lowest BCUT2D eigenvalue weighted by molar-refractivity contribution is 0.869. The van der Waals surface area contributed by atoms with Gasteiger partial charge in [-0.1, -0.05) is 6.07 Å². The van der Waals surface area contributed by atoms with E-state index in [1.807, 2.05) is 18.2 Å². The van der Waals surface area contributed by atoms with E-state index in [1.54, 1.807) is 0 Å². The van der Waals surface area contributed by atoms with Crippen LogP contribution in [-0.4, -0.2) is 24.8 Å². The van der Waals surface area contributed by atoms with E-state index in [9.17, 15) is 0 Å². The highest BCUT2D eigenvalue weighted by Crippen LogP contribution is 2.22. The van der Waals surface area contributed by atoms with Crippen molar-refractivity contribution in [2.45, 2.75) is 6.92 Å². The Morgan fingerprint density at radius 3 is 2.33 bits per heavy atom. The summed E-state index contributed by atoms with van der Waals surface area (Å²) in [6.45, 7) is 3.64. The van der Waals surface area contributed by atoms with E-state index in [-0.39, 0.29) is 0 Å². The van der Waals surface area contributed by atoms with Crippen molar-refractivity contribution in [2.24, 2.45) is 0 Å². The summed E-state index contributed by atoms with van der Waals surface area (Å²) in [7, 11) is 0. The van der Waals surface area contributed by atoms with Crippen molar-refractivity contribution in [3.63, 3.8) is 0 Å². The third-order valence-corrected chi connectivity index (χ3v) is 2.62. The molecule has 0 saturated heterocycles. The van der Waals surface area contributed by atoms with Crippen molar-refractivity contribution in [1.82, 2.24) is 0 Å². The molecule has 0 unspecified atom stereocenters. The largest absolute Gasteiger partial charge is 0.399 e. The Balaban J connectivity index is 2.93. The Labute approximate surface area is 101 Å². The minimum atomic E-state index is 0.588. The number of benzene rings is 1. The zero-order chi connectivity index (χ0) is 11.3. The van der Waals surface area contributed by atoms with Gasteiger partial charge in [-0.3, -0.25) is 0 Å². The van der Waals surface area contributed by atoms with Gasteiger partial charge in [-0.15, -0.1) is 23.2 Å². The van der Waals surface area contributed by atoms with E-state index in [2.05, 4.69) is 11.8 Å². The summed E-state index contributed by atoms with van der Waals surface area (Å²) in [5.41, 5.74) is 8.85. The van der Waals surface area contributed by atoms with E-state index in [0.717, 1.165) is 24.5 Å². The Hall–Kier alpha value is -0.600. The first kappa shape index (κ1) is 12.5. The van der Waals surface area contributed by atoms with Gasteiger partial charge >= 0.3 is 0 Å². The van der Waals surface area contributed by atoms with Crippen LogP contribution in [0.1, 0.15) is 5.56 Å². The van der Waals surface area contributed by atoms with Gasteiger partial charge in [0.1, 0.15) is 0 Å². The van der Waals surface area contributed by atoms with Crippen LogP contribution in [0.2, 0.25) is 0 Å². The first-order chi connectivity index (χ1) is 7.19. The molecule has 0 heterocycles. The molecule has 2 N–H and O–H groups in total. The number of halogens is 2. The van der Waals surface area contributed by atoms with Crippen LogP contribution in [0.4, 0.5) is 11.4 Å². The second-order valence-corrected chi connectivity index (χ2v) is 4.17. The zero-order valence-electron chi connectivity index (χ0n) is 8.84. The van der Waals surface area contributed by atoms with Crippen molar-refractivity contribution in [3.8, 4) is 0 Å². The Kier molecular flexibility index (Phi) is 5.06. The van der Waals surface area contributed by atoms with Crippen molar-refractivity contribution in [2.75, 3.05) is 35.5 Å². The number of alkyl halides is 2. The molecule has 1 aromatic rings. The maximum Gasteiger partial charge on any atom is 0.0417 e. The minimum Gasteiger partial charge on any atom is -0.399 e. The normalized spacial score (nSPS) is 10.3. The first-order valence-electron chi connectivity index (χ1n) is 4.92. The topological polar surface area (TPSA) is 29.3 Å². The van der Waals surface area contributed by atoms with Gasteiger partial charge in [-0.2, -0.15) is 0 Å². The van der Waals surface area contributed by atoms with Crippen molar-refractivity contribution in [1.29, 1.82) is 0 Å². The van der Waals surface area contributed by atoms with Crippen LogP contribution in [0.15, 0.2) is 18.2 Å². The van der Waals surface area contributed by atoms with Crippen LogP contribution in [0.3, 0.4) is 0 Å². The molecule has 0 aliphatic rings. The predicted octanol–water partition coefficient (Wildman–Crippen LogP) is 2.86. The summed E-state index contributed by atoms with van der Waals surface area (Å²) >= 11 is 11.5. The van der Waals surface area contributed by atoms with Gasteiger partial charge in [0, 0.05) is 36.2 Å². The fraction of sp³-hybridized carbons (Fsp3) is 0.455. The van der Waals surface area contributed by atoms with Gasteiger partial charge in [-0.25, -0.2) is 0 Å². The molecule has 4 heteroatoms. The third-order valence-electron chi connectivity index (χ3n) is 2.28. The lowest BCUT2D eigenvalue weighted by Crippen LogP contribution is -2.28. The van der Waals surface area contributed by atoms with Crippen LogP contribution in [0, 0.1) is 6.92 Å². The molecule has 84 valence electrons. The molecule has 0 aliphatic carbocycles. The molecule has 0 atom stereocenters. The number of aryl methyl sites for hydroxylation is 1. The predicted molar refractivity (Wildman–Crippen MR) is 69.2 cm³/mol. The molecule has 0 radical (unpaired) electrons. The fourth-order valence-corrected chi connectivity index (χ4v) is 1.93. The van der Waals surface area contributed by atoms with Gasteiger partial charge in [0.2, 0.25) is 0 Å². The van der Waals surface area contributed by atoms with Gasteiger partial charge < -0.3 is 10.6 Å². The van der Waals surface area contributed by atoms with Crippen LogP contribution < -0.4 is 10.6 Å². The van der Waals surface area contributed by atoms with Crippen molar-refractivity contribution >= 4 is 34.6 Å². The molecule has 1 aromatic carbocycles. The summed E-state index contributed by atoms with van der Waals surface area (Å²) in [5.74, 6) is 1.18. The smallest absolute Gasteiger partial charge is 0.0417 e. The molecule has 15 heavy (non-hydrogen) atoms. The Morgan fingerprint density at radius 2 is 1.80 bits per heavy atom. The molecule has 0 saturated carbocycles. The van der Waals surface area contributed by atoms with Crippen molar-refractivity contribution in [3.05, 3.63) is 23.8 Å². The van der Waals surface area contributed by atoms with Crippen LogP contribution in [0.5, 0.6) is 0 Å². The van der Waals surface area contributed by atoms with Gasteiger partial charge in [0.25, 0.3) is 0 Å². The van der Waals surface area contributed by atoms with Crippen LogP contribution in [-0.2, 0) is 0 Å². The summed E-state index contributed by atoms with van der Waals surface area (Å²) in [6, 6.07) is 5.88. The van der Waals surface area contributed by atoms with E-state index in [0.29, 0.717) is 11.8 Å². The average molecular weight is 247 g/mol. The highest BCUT2D eigenvalue weighted by Gasteiger charge is 2.08. The lowest BCUT2D eigenvalue weighted by Gasteiger charge is -2.25. The molecular formula is C11H16Cl2N2. The van der Waals surface area contributed by atoms with Gasteiger partial charge in [0.05, 0.1) is 0 Å². The SMILES string of the molecule is Cc1ccc(N)cc1N(CCCl)CCCl. The van der Waals surface area contributed by atoms with Gasteiger partial charge in [0.15, 0.2) is 0 Å². The lowest BCUT2D eigenvalue weighted by atomic mass is 10.1. The molecule has 0 spiro atoms. The molecular weight excluding hydrogens is 231 g/mol. The number of hydrogen-bond acceptors (Lipinski definition) is 2. The molecule has 2 nitrogen and oxygen atoms in total. The Bertz CT molecular complexity index is 309. The second kappa shape index (κ2) is 6.09. The maximum atomic E-state index is 5.76. The van der Waals surface area contributed by atoms with Gasteiger partial charge in [-0.05, 0) is 24.6 Å². The third kappa shape index (κ3) is 3.47. The van der Waals surface area contributed by atoms with E-state index >= 15 is 0 Å². The minimum absolute atomic E-state index is 0.588. The summed E-state index contributed by atoms with van der Waals surface area (Å²) in [6.07, 6.45) is 0. The number of nitrogen functional groups attached to an aromatic ring is 1. The first-order valence-corrected chi connectivity index (χ1v) is 5.99. The highest BCUT2D eigenvalue weighted by molar-refractivity contribution is 6.18. The van der Waals surface area contributed by atoms with E-state index in [1.165, 1.54) is 5.56 Å². The standard InChI is InChI=1S/C11H16Cl2N2/c1-9-2-3-10(14)8-11(9)15(6-4-12)7-5-13/h2-3,8H,4-7,14H2,1H3. The highest BCUT2D eigenvalue weighted by atomic mass is 35.5. The number of hydrogen-bond donors (Lipinski definition) is 1. The number of rotatable bonds is 5.